The van der Waals surface area contributed by atoms with Crippen molar-refractivity contribution < 1.29 is 23.1 Å². The summed E-state index contributed by atoms with van der Waals surface area (Å²) in [5.41, 5.74) is 1.47. The number of nitrogens with zero attached hydrogens (tertiary/aromatic N) is 1. The molecule has 2 rings (SSSR count). The Balaban J connectivity index is 1.92. The Labute approximate surface area is 129 Å². The molecule has 1 amide bonds. The molecule has 1 aromatic carbocycles. The molecule has 0 heterocycles. The van der Waals surface area contributed by atoms with Crippen molar-refractivity contribution in [1.82, 2.24) is 4.31 Å². The average Bonchev–Trinajstić information content (AvgIpc) is 3.18. The highest BCUT2D eigenvalue weighted by atomic mass is 32.2. The Morgan fingerprint density at radius 2 is 1.91 bits per heavy atom. The van der Waals surface area contributed by atoms with E-state index < -0.39 is 21.9 Å². The molecule has 1 saturated carbocycles. The van der Waals surface area contributed by atoms with Crippen LogP contribution in [0, 0.1) is 5.92 Å². The third-order valence-corrected chi connectivity index (χ3v) is 4.92. The van der Waals surface area contributed by atoms with Gasteiger partial charge in [0.05, 0.1) is 18.7 Å². The van der Waals surface area contributed by atoms with Crippen LogP contribution in [0.25, 0.3) is 0 Å². The lowest BCUT2D eigenvalue weighted by Crippen LogP contribution is -2.34. The number of aliphatic carboxylic acids is 1. The fourth-order valence-corrected chi connectivity index (χ4v) is 2.52. The number of carboxylic acid groups (broad SMARTS) is 1. The number of hydrogen-bond donors (Lipinski definition) is 2. The Morgan fingerprint density at radius 1 is 1.32 bits per heavy atom. The van der Waals surface area contributed by atoms with Crippen molar-refractivity contribution in [1.29, 1.82) is 0 Å². The summed E-state index contributed by atoms with van der Waals surface area (Å²) in [6, 6.07) is 6.93. The number of sulfonamides is 1. The van der Waals surface area contributed by atoms with Gasteiger partial charge in [0.25, 0.3) is 0 Å². The number of carbonyl (C=O) groups excluding carboxylic acids is 1. The summed E-state index contributed by atoms with van der Waals surface area (Å²) < 4.78 is 23.4. The SMILES string of the molecule is CN(CC(=O)Nc1ccc([C@@H]2C[C@H]2C(=O)O)cc1)S(C)(=O)=O. The zero-order valence-corrected chi connectivity index (χ0v) is 13.1. The minimum absolute atomic E-state index is 0.0404. The third-order valence-electron chi connectivity index (χ3n) is 3.66. The van der Waals surface area contributed by atoms with E-state index in [-0.39, 0.29) is 18.4 Å². The molecule has 0 unspecified atom stereocenters. The van der Waals surface area contributed by atoms with Gasteiger partial charge in [0.1, 0.15) is 0 Å². The maximum Gasteiger partial charge on any atom is 0.307 e. The van der Waals surface area contributed by atoms with Crippen molar-refractivity contribution in [2.24, 2.45) is 5.92 Å². The van der Waals surface area contributed by atoms with Crippen LogP contribution < -0.4 is 5.32 Å². The van der Waals surface area contributed by atoms with Gasteiger partial charge in [0.15, 0.2) is 0 Å². The highest BCUT2D eigenvalue weighted by Gasteiger charge is 2.43. The molecule has 1 aliphatic rings. The Morgan fingerprint density at radius 3 is 2.36 bits per heavy atom. The van der Waals surface area contributed by atoms with E-state index >= 15 is 0 Å². The molecular formula is C14H18N2O5S. The van der Waals surface area contributed by atoms with E-state index in [4.69, 9.17) is 5.11 Å². The summed E-state index contributed by atoms with van der Waals surface area (Å²) in [6.07, 6.45) is 1.67. The molecule has 7 nitrogen and oxygen atoms in total. The zero-order valence-electron chi connectivity index (χ0n) is 12.3. The van der Waals surface area contributed by atoms with Crippen LogP contribution >= 0.6 is 0 Å². The molecule has 120 valence electrons. The van der Waals surface area contributed by atoms with Gasteiger partial charge in [-0.1, -0.05) is 12.1 Å². The van der Waals surface area contributed by atoms with Crippen LogP contribution in [-0.4, -0.2) is 49.6 Å². The number of carbonyl (C=O) groups is 2. The second-order valence-electron chi connectivity index (χ2n) is 5.48. The molecule has 2 N–H and O–H groups in total. The molecule has 0 aliphatic heterocycles. The monoisotopic (exact) mass is 326 g/mol. The predicted molar refractivity (Wildman–Crippen MR) is 81.0 cm³/mol. The lowest BCUT2D eigenvalue weighted by atomic mass is 10.1. The van der Waals surface area contributed by atoms with Crippen molar-refractivity contribution in [3.8, 4) is 0 Å². The highest BCUT2D eigenvalue weighted by molar-refractivity contribution is 7.88. The number of anilines is 1. The smallest absolute Gasteiger partial charge is 0.307 e. The van der Waals surface area contributed by atoms with Crippen LogP contribution in [-0.2, 0) is 19.6 Å². The second-order valence-corrected chi connectivity index (χ2v) is 7.57. The number of nitrogens with one attached hydrogen (secondary N) is 1. The molecule has 0 saturated heterocycles. The van der Waals surface area contributed by atoms with Gasteiger partial charge in [-0.2, -0.15) is 4.31 Å². The fourth-order valence-electron chi connectivity index (χ4n) is 2.17. The second kappa shape index (κ2) is 6.05. The first kappa shape index (κ1) is 16.4. The molecule has 0 bridgehead atoms. The van der Waals surface area contributed by atoms with E-state index in [0.29, 0.717) is 12.1 Å². The van der Waals surface area contributed by atoms with E-state index in [1.165, 1.54) is 7.05 Å². The molecule has 8 heteroatoms. The molecule has 0 spiro atoms. The molecule has 0 aromatic heterocycles. The van der Waals surface area contributed by atoms with E-state index in [1.54, 1.807) is 24.3 Å². The van der Waals surface area contributed by atoms with E-state index in [0.717, 1.165) is 16.1 Å². The number of benzene rings is 1. The standard InChI is InChI=1S/C14H18N2O5S/c1-16(22(2,20)21)8-13(17)15-10-5-3-9(4-6-10)11-7-12(11)14(18)19/h3-6,11-12H,7-8H2,1-2H3,(H,15,17)(H,18,19)/t11-,12+/m0/s1. The maximum atomic E-state index is 11.7. The number of rotatable bonds is 6. The molecule has 1 aromatic rings. The van der Waals surface area contributed by atoms with Crippen molar-refractivity contribution in [2.75, 3.05) is 25.2 Å². The first-order valence-electron chi connectivity index (χ1n) is 6.72. The lowest BCUT2D eigenvalue weighted by molar-refractivity contribution is -0.138. The molecule has 2 atom stereocenters. The number of likely N-dealkylation sites (N-methyl/N-ethyl adjacent to an activating group) is 1. The number of carboxylic acids is 1. The van der Waals surface area contributed by atoms with Crippen molar-refractivity contribution >= 4 is 27.6 Å². The van der Waals surface area contributed by atoms with Gasteiger partial charge in [0.2, 0.25) is 15.9 Å². The van der Waals surface area contributed by atoms with Crippen LogP contribution in [0.15, 0.2) is 24.3 Å². The summed E-state index contributed by atoms with van der Waals surface area (Å²) in [6.45, 7) is -0.260. The van der Waals surface area contributed by atoms with Crippen molar-refractivity contribution in [3.05, 3.63) is 29.8 Å². The van der Waals surface area contributed by atoms with Crippen LogP contribution in [0.1, 0.15) is 17.9 Å². The maximum absolute atomic E-state index is 11.7. The van der Waals surface area contributed by atoms with Crippen molar-refractivity contribution in [2.45, 2.75) is 12.3 Å². The molecule has 1 aliphatic carbocycles. The molecule has 0 radical (unpaired) electrons. The van der Waals surface area contributed by atoms with Gasteiger partial charge in [-0.25, -0.2) is 8.42 Å². The summed E-state index contributed by atoms with van der Waals surface area (Å²) in [7, 11) is -2.07. The molecule has 1 fully saturated rings. The first-order chi connectivity index (χ1) is 10.2. The van der Waals surface area contributed by atoms with Crippen molar-refractivity contribution in [3.63, 3.8) is 0 Å². The van der Waals surface area contributed by atoms with Gasteiger partial charge in [-0.05, 0) is 30.0 Å². The fraction of sp³-hybridized carbons (Fsp3) is 0.429. The topological polar surface area (TPSA) is 104 Å². The van der Waals surface area contributed by atoms with Crippen LogP contribution in [0.5, 0.6) is 0 Å². The van der Waals surface area contributed by atoms with Gasteiger partial charge in [-0.3, -0.25) is 9.59 Å². The average molecular weight is 326 g/mol. The molecule has 22 heavy (non-hydrogen) atoms. The number of hydrogen-bond acceptors (Lipinski definition) is 4. The summed E-state index contributed by atoms with van der Waals surface area (Å²) in [5.74, 6) is -1.50. The minimum Gasteiger partial charge on any atom is -0.481 e. The minimum atomic E-state index is -3.40. The summed E-state index contributed by atoms with van der Waals surface area (Å²) >= 11 is 0. The van der Waals surface area contributed by atoms with Gasteiger partial charge in [-0.15, -0.1) is 0 Å². The highest BCUT2D eigenvalue weighted by Crippen LogP contribution is 2.47. The van der Waals surface area contributed by atoms with E-state index in [1.807, 2.05) is 0 Å². The number of amides is 1. The molecular weight excluding hydrogens is 308 g/mol. The van der Waals surface area contributed by atoms with Gasteiger partial charge >= 0.3 is 5.97 Å². The van der Waals surface area contributed by atoms with Crippen LogP contribution in [0.2, 0.25) is 0 Å². The zero-order chi connectivity index (χ0) is 16.5. The predicted octanol–water partition coefficient (Wildman–Crippen LogP) is 0.705. The van der Waals surface area contributed by atoms with Gasteiger partial charge < -0.3 is 10.4 Å². The largest absolute Gasteiger partial charge is 0.481 e. The van der Waals surface area contributed by atoms with E-state index in [2.05, 4.69) is 5.32 Å². The summed E-state index contributed by atoms with van der Waals surface area (Å²) in [5, 5.41) is 11.5. The lowest BCUT2D eigenvalue weighted by Gasteiger charge is -2.13. The van der Waals surface area contributed by atoms with E-state index in [9.17, 15) is 18.0 Å². The Hall–Kier alpha value is -1.93. The van der Waals surface area contributed by atoms with Gasteiger partial charge in [0, 0.05) is 12.7 Å². The Kier molecular flexibility index (Phi) is 4.52. The van der Waals surface area contributed by atoms with Crippen LogP contribution in [0.3, 0.4) is 0 Å². The van der Waals surface area contributed by atoms with Crippen LogP contribution in [0.4, 0.5) is 5.69 Å². The summed E-state index contributed by atoms with van der Waals surface area (Å²) in [4.78, 5) is 22.6. The normalized spacial score (nSPS) is 20.7. The first-order valence-corrected chi connectivity index (χ1v) is 8.57. The third kappa shape index (κ3) is 4.05. The quantitative estimate of drug-likeness (QED) is 0.801. The Bertz CT molecular complexity index is 684.